The smallest absolute Gasteiger partial charge is 0.493 e. The molecule has 0 radical (unpaired) electrons. The summed E-state index contributed by atoms with van der Waals surface area (Å²) in [6.07, 6.45) is -3.20. The Hall–Kier alpha value is -5.67. The number of carbonyl (C=O) groups excluding carboxylic acids is 4. The first-order chi connectivity index (χ1) is 33.8. The lowest BCUT2D eigenvalue weighted by Gasteiger charge is -2.62. The summed E-state index contributed by atoms with van der Waals surface area (Å²) in [7, 11) is 4.87. The summed E-state index contributed by atoms with van der Waals surface area (Å²) in [5, 5.41) is 15.7. The molecule has 2 fully saturated rings. The van der Waals surface area contributed by atoms with Gasteiger partial charge in [0, 0.05) is 40.6 Å². The fourth-order valence-corrected chi connectivity index (χ4v) is 12.8. The predicted octanol–water partition coefficient (Wildman–Crippen LogP) is 8.02. The molecule has 10 rings (SSSR count). The van der Waals surface area contributed by atoms with Crippen LogP contribution in [-0.4, -0.2) is 121 Å². The molecule has 2 saturated heterocycles. The van der Waals surface area contributed by atoms with Crippen LogP contribution >= 0.6 is 11.8 Å². The number of esters is 1. The topological polar surface area (TPSA) is 209 Å². The summed E-state index contributed by atoms with van der Waals surface area (Å²) in [6, 6.07) is 2.47. The van der Waals surface area contributed by atoms with Gasteiger partial charge in [0.15, 0.2) is 40.0 Å². The minimum atomic E-state index is -1.53. The molecule has 7 aliphatic rings. The fraction of sp³-hybridized carbons (Fsp3) is 0.577. The monoisotopic (exact) mass is 1020 g/mol. The molecule has 0 aliphatic carbocycles. The number of nitrogens with zero attached hydrogens (tertiary/aromatic N) is 2. The number of piperazine rings is 1. The maximum atomic E-state index is 15.3. The van der Waals surface area contributed by atoms with Crippen molar-refractivity contribution in [1.82, 2.24) is 15.1 Å². The molecular formula is C52H65N3O16S. The Bertz CT molecular complexity index is 2730. The second-order valence-electron chi connectivity index (χ2n) is 22.0. The Labute approximate surface area is 423 Å². The number of hydrogen-bond acceptors (Lipinski definition) is 20. The van der Waals surface area contributed by atoms with Crippen LogP contribution in [0.3, 0.4) is 0 Å². The quantitative estimate of drug-likeness (QED) is 0.141. The molecule has 2 N–H and O–H groups in total. The number of carbonyl (C=O) groups is 4. The van der Waals surface area contributed by atoms with Gasteiger partial charge in [0.25, 0.3) is 0 Å². The van der Waals surface area contributed by atoms with E-state index in [1.165, 1.54) is 26.0 Å². The van der Waals surface area contributed by atoms with Gasteiger partial charge in [-0.1, -0.05) is 6.07 Å². The first-order valence-corrected chi connectivity index (χ1v) is 25.1. The van der Waals surface area contributed by atoms with E-state index in [9.17, 15) is 19.5 Å². The second kappa shape index (κ2) is 18.4. The number of aliphatic hydroxyl groups excluding tert-OH is 1. The summed E-state index contributed by atoms with van der Waals surface area (Å²) in [5.74, 6) is 1.06. The number of hydrogen-bond donors (Lipinski definition) is 2. The zero-order valence-electron chi connectivity index (χ0n) is 43.3. The maximum Gasteiger partial charge on any atom is 0.514 e. The number of methoxy groups -OCH3 is 2. The third kappa shape index (κ3) is 9.00. The van der Waals surface area contributed by atoms with Gasteiger partial charge in [0.1, 0.15) is 35.4 Å². The zero-order valence-corrected chi connectivity index (χ0v) is 44.1. The molecule has 4 bridgehead atoms. The van der Waals surface area contributed by atoms with Crippen molar-refractivity contribution >= 4 is 36.2 Å². The van der Waals surface area contributed by atoms with Crippen LogP contribution in [0.1, 0.15) is 124 Å². The third-order valence-electron chi connectivity index (χ3n) is 13.7. The van der Waals surface area contributed by atoms with Gasteiger partial charge in [0.2, 0.25) is 6.79 Å². The molecule has 7 aliphatic heterocycles. The molecule has 72 heavy (non-hydrogen) atoms. The van der Waals surface area contributed by atoms with Gasteiger partial charge in [0.05, 0.1) is 37.6 Å². The van der Waals surface area contributed by atoms with Crippen molar-refractivity contribution in [3.63, 3.8) is 0 Å². The predicted molar refractivity (Wildman–Crippen MR) is 261 cm³/mol. The van der Waals surface area contributed by atoms with Crippen LogP contribution in [0.25, 0.3) is 0 Å². The number of nitrogens with one attached hydrogen (secondary N) is 1. The molecule has 1 unspecified atom stereocenters. The Morgan fingerprint density at radius 2 is 1.39 bits per heavy atom. The Morgan fingerprint density at radius 3 is 2.01 bits per heavy atom. The highest BCUT2D eigenvalue weighted by molar-refractivity contribution is 7.99. The van der Waals surface area contributed by atoms with Crippen molar-refractivity contribution in [3.8, 4) is 40.2 Å². The lowest BCUT2D eigenvalue weighted by Crippen LogP contribution is -2.70. The summed E-state index contributed by atoms with van der Waals surface area (Å²) in [4.78, 5) is 60.1. The van der Waals surface area contributed by atoms with Crippen LogP contribution in [0.5, 0.6) is 40.2 Å². The minimum absolute atomic E-state index is 0.00797. The number of ether oxygens (including phenoxy) is 11. The molecule has 0 saturated carbocycles. The number of aryl methyl sites for hydroxylation is 1. The number of likely N-dealkylation sites (N-methyl/N-ethyl adjacent to an activating group) is 1. The molecule has 19 nitrogen and oxygen atoms in total. The van der Waals surface area contributed by atoms with Crippen molar-refractivity contribution in [3.05, 3.63) is 62.7 Å². The number of fused-ring (bicyclic) bond motifs is 9. The minimum Gasteiger partial charge on any atom is -0.493 e. The van der Waals surface area contributed by atoms with Crippen molar-refractivity contribution in [2.24, 2.45) is 0 Å². The maximum absolute atomic E-state index is 15.3. The normalized spacial score (nSPS) is 25.5. The van der Waals surface area contributed by atoms with Crippen molar-refractivity contribution in [2.45, 2.75) is 147 Å². The molecule has 390 valence electrons. The van der Waals surface area contributed by atoms with E-state index in [0.29, 0.717) is 75.6 Å². The van der Waals surface area contributed by atoms with E-state index in [0.717, 1.165) is 5.56 Å². The van der Waals surface area contributed by atoms with E-state index in [1.54, 1.807) is 81.4 Å². The first kappa shape index (κ1) is 51.2. The first-order valence-electron chi connectivity index (χ1n) is 24.1. The van der Waals surface area contributed by atoms with Crippen molar-refractivity contribution in [1.29, 1.82) is 0 Å². The van der Waals surface area contributed by atoms with Crippen molar-refractivity contribution in [2.75, 3.05) is 47.0 Å². The molecule has 3 aromatic carbocycles. The number of aliphatic hydroxyl groups is 1. The lowest BCUT2D eigenvalue weighted by atomic mass is 9.73. The Morgan fingerprint density at radius 1 is 0.764 bits per heavy atom. The molecule has 0 amide bonds. The standard InChI is InChI=1S/C52H65N3O16S/c1-24-17-27-18-29-44(56)55-30-21-63-45(57)52(28-20-31(61-13)32(19-26(28)15-16-53-52)66-46(58)69-49(3,4)5)22-72-43(35-34(30)41-40(64-23-65-41)25(2)39(35)67-47(59)70-50(6,7)8)37(55)36(54(29)12)33(27)42(38(24)62-14)68-48(60)71-51(9,10)11/h17,19-20,29-30,36-37,43-44,53,56H,15-16,18,21-23H2,1-14H3/t29-,30-,36-,37?,43-,44+,52-/m1/s1. The number of thioether (sulfide) groups is 1. The molecule has 20 heteroatoms. The Kier molecular flexibility index (Phi) is 13.1. The summed E-state index contributed by atoms with van der Waals surface area (Å²) >= 11 is 1.38. The zero-order chi connectivity index (χ0) is 52.1. The molecule has 7 heterocycles. The van der Waals surface area contributed by atoms with E-state index in [2.05, 4.69) is 10.2 Å². The molecule has 3 aromatic rings. The summed E-state index contributed by atoms with van der Waals surface area (Å²) in [5.41, 5.74) is 0.763. The Balaban J connectivity index is 1.28. The van der Waals surface area contributed by atoms with Gasteiger partial charge in [-0.15, -0.1) is 11.8 Å². The van der Waals surface area contributed by atoms with E-state index in [4.69, 9.17) is 52.1 Å². The highest BCUT2D eigenvalue weighted by atomic mass is 32.2. The van der Waals surface area contributed by atoms with Gasteiger partial charge in [-0.3, -0.25) is 15.1 Å². The fourth-order valence-electron chi connectivity index (χ4n) is 11.1. The van der Waals surface area contributed by atoms with E-state index in [1.807, 2.05) is 24.9 Å². The molecular weight excluding hydrogens is 955 g/mol. The molecule has 1 spiro atoms. The van der Waals surface area contributed by atoms with Gasteiger partial charge < -0.3 is 57.2 Å². The molecule has 7 atom stereocenters. The van der Waals surface area contributed by atoms with Gasteiger partial charge in [-0.2, -0.15) is 0 Å². The van der Waals surface area contributed by atoms with Gasteiger partial charge in [-0.25, -0.2) is 19.2 Å². The highest BCUT2D eigenvalue weighted by Gasteiger charge is 2.62. The largest absolute Gasteiger partial charge is 0.514 e. The van der Waals surface area contributed by atoms with Crippen LogP contribution in [-0.2, 0) is 42.1 Å². The highest BCUT2D eigenvalue weighted by Crippen LogP contribution is 2.65. The van der Waals surface area contributed by atoms with Gasteiger partial charge in [-0.05, 0) is 130 Å². The summed E-state index contributed by atoms with van der Waals surface area (Å²) in [6.45, 7) is 19.2. The molecule has 0 aromatic heterocycles. The van der Waals surface area contributed by atoms with E-state index >= 15 is 4.79 Å². The average Bonchev–Trinajstić information content (AvgIpc) is 3.76. The van der Waals surface area contributed by atoms with E-state index in [-0.39, 0.29) is 42.2 Å². The van der Waals surface area contributed by atoms with Crippen LogP contribution in [0.2, 0.25) is 0 Å². The number of rotatable bonds is 5. The van der Waals surface area contributed by atoms with Crippen LogP contribution in [0, 0.1) is 13.8 Å². The van der Waals surface area contributed by atoms with Crippen LogP contribution in [0.4, 0.5) is 14.4 Å². The van der Waals surface area contributed by atoms with E-state index < -0.39 is 82.4 Å². The SMILES string of the molecule is COc1cc2c(cc1OC(=O)OC(C)(C)C)CCN[C@]21CS[C@@H]2c3c(OC(=O)OC(C)(C)C)c(C)c4c(c3[C@@H](COC1=O)N1C2[C@H]2c3c(cc(C)c(OC)c3OC(=O)OC(C)(C)C)C[C@H]([C@@H]1O)N2C)OCO4. The summed E-state index contributed by atoms with van der Waals surface area (Å²) < 4.78 is 66.2. The second-order valence-corrected chi connectivity index (χ2v) is 23.1. The van der Waals surface area contributed by atoms with Crippen LogP contribution in [0.15, 0.2) is 18.2 Å². The van der Waals surface area contributed by atoms with Gasteiger partial charge >= 0.3 is 24.4 Å². The van der Waals surface area contributed by atoms with Crippen molar-refractivity contribution < 1.29 is 76.4 Å². The van der Waals surface area contributed by atoms with Crippen LogP contribution < -0.4 is 38.5 Å². The number of benzene rings is 3. The third-order valence-corrected chi connectivity index (χ3v) is 15.2. The average molecular weight is 1020 g/mol. The lowest BCUT2D eigenvalue weighted by molar-refractivity contribution is -0.186.